The first-order chi connectivity index (χ1) is 10.4. The Labute approximate surface area is 125 Å². The van der Waals surface area contributed by atoms with E-state index in [0.29, 0.717) is 31.0 Å². The molecule has 7 nitrogen and oxygen atoms in total. The highest BCUT2D eigenvalue weighted by Crippen LogP contribution is 2.42. The smallest absolute Gasteiger partial charge is 0.274 e. The quantitative estimate of drug-likeness (QED) is 0.873. The van der Waals surface area contributed by atoms with Crippen LogP contribution in [0.5, 0.6) is 0 Å². The van der Waals surface area contributed by atoms with Crippen molar-refractivity contribution in [2.45, 2.75) is 38.8 Å². The number of nitrogens with zero attached hydrogens (tertiary/aromatic N) is 4. The van der Waals surface area contributed by atoms with Crippen LogP contribution in [0.25, 0.3) is 0 Å². The zero-order valence-electron chi connectivity index (χ0n) is 12.2. The summed E-state index contributed by atoms with van der Waals surface area (Å²) in [6, 6.07) is 0. The van der Waals surface area contributed by atoms with Crippen LogP contribution in [0.1, 0.15) is 35.9 Å². The number of carbonyl (C=O) groups excluding carboxylic acids is 2. The van der Waals surface area contributed by atoms with Crippen LogP contribution < -0.4 is 5.32 Å². The van der Waals surface area contributed by atoms with Gasteiger partial charge in [0.15, 0.2) is 5.69 Å². The number of alkyl halides is 2. The lowest BCUT2D eigenvalue weighted by Crippen LogP contribution is -2.45. The molecular weight excluding hydrogens is 296 g/mol. The van der Waals surface area contributed by atoms with Crippen molar-refractivity contribution in [2.24, 2.45) is 5.92 Å². The van der Waals surface area contributed by atoms with Crippen molar-refractivity contribution in [2.75, 3.05) is 13.1 Å². The number of likely N-dealkylation sites (N-methyl/N-ethyl adjacent to an activating group) is 1. The van der Waals surface area contributed by atoms with Crippen molar-refractivity contribution in [3.63, 3.8) is 0 Å². The van der Waals surface area contributed by atoms with Crippen molar-refractivity contribution in [1.82, 2.24) is 25.2 Å². The third-order valence-electron chi connectivity index (χ3n) is 4.15. The third-order valence-corrected chi connectivity index (χ3v) is 4.15. The topological polar surface area (TPSA) is 80.1 Å². The van der Waals surface area contributed by atoms with E-state index in [4.69, 9.17) is 0 Å². The Bertz CT molecular complexity index is 608. The van der Waals surface area contributed by atoms with Crippen LogP contribution >= 0.6 is 0 Å². The summed E-state index contributed by atoms with van der Waals surface area (Å²) in [5.74, 6) is -3.99. The number of nitrogens with one attached hydrogen (secondary N) is 1. The maximum absolute atomic E-state index is 12.8. The Kier molecular flexibility index (Phi) is 3.57. The molecule has 1 aliphatic heterocycles. The fraction of sp³-hybridized carbons (Fsp3) is 0.692. The lowest BCUT2D eigenvalue weighted by Gasteiger charge is -2.33. The molecule has 0 aromatic carbocycles. The number of halogens is 2. The second kappa shape index (κ2) is 5.29. The largest absolute Gasteiger partial charge is 0.350 e. The van der Waals surface area contributed by atoms with Crippen LogP contribution in [-0.2, 0) is 17.9 Å². The van der Waals surface area contributed by atoms with Gasteiger partial charge in [-0.15, -0.1) is 5.10 Å². The standard InChI is InChI=1S/C13H17F2N5O2/c1-2-19-3-4-20-10(12(19)22)9(17-18-20)7-16-11(21)8-5-13(14,15)6-8/h8H,2-7H2,1H3,(H,16,21). The zero-order valence-corrected chi connectivity index (χ0v) is 12.2. The summed E-state index contributed by atoms with van der Waals surface area (Å²) in [5, 5.41) is 10.4. The summed E-state index contributed by atoms with van der Waals surface area (Å²) in [6.45, 7) is 3.64. The molecule has 1 fully saturated rings. The molecule has 3 rings (SSSR count). The van der Waals surface area contributed by atoms with Gasteiger partial charge in [0.05, 0.1) is 13.1 Å². The van der Waals surface area contributed by atoms with Crippen molar-refractivity contribution in [1.29, 1.82) is 0 Å². The fourth-order valence-corrected chi connectivity index (χ4v) is 2.79. The van der Waals surface area contributed by atoms with Gasteiger partial charge < -0.3 is 10.2 Å². The third kappa shape index (κ3) is 2.55. The van der Waals surface area contributed by atoms with Gasteiger partial charge in [-0.3, -0.25) is 9.59 Å². The number of carbonyl (C=O) groups is 2. The molecule has 1 saturated carbocycles. The van der Waals surface area contributed by atoms with E-state index in [1.165, 1.54) is 4.68 Å². The monoisotopic (exact) mass is 313 g/mol. The maximum Gasteiger partial charge on any atom is 0.274 e. The molecule has 2 heterocycles. The molecule has 0 unspecified atom stereocenters. The van der Waals surface area contributed by atoms with E-state index in [9.17, 15) is 18.4 Å². The van der Waals surface area contributed by atoms with E-state index in [1.54, 1.807) is 4.90 Å². The number of aromatic nitrogens is 3. The van der Waals surface area contributed by atoms with E-state index in [-0.39, 0.29) is 12.5 Å². The molecule has 1 aromatic heterocycles. The first kappa shape index (κ1) is 14.9. The van der Waals surface area contributed by atoms with Crippen LogP contribution in [0, 0.1) is 5.92 Å². The number of hydrogen-bond donors (Lipinski definition) is 1. The van der Waals surface area contributed by atoms with Gasteiger partial charge in [0, 0.05) is 31.8 Å². The summed E-state index contributed by atoms with van der Waals surface area (Å²) < 4.78 is 27.1. The predicted molar refractivity (Wildman–Crippen MR) is 71.1 cm³/mol. The molecule has 22 heavy (non-hydrogen) atoms. The minimum absolute atomic E-state index is 0.0273. The van der Waals surface area contributed by atoms with Crippen molar-refractivity contribution in [3.8, 4) is 0 Å². The van der Waals surface area contributed by atoms with Gasteiger partial charge in [-0.2, -0.15) is 0 Å². The van der Waals surface area contributed by atoms with Crippen molar-refractivity contribution in [3.05, 3.63) is 11.4 Å². The minimum Gasteiger partial charge on any atom is -0.350 e. The highest BCUT2D eigenvalue weighted by atomic mass is 19.3. The molecule has 0 bridgehead atoms. The zero-order chi connectivity index (χ0) is 15.9. The summed E-state index contributed by atoms with van der Waals surface area (Å²) in [4.78, 5) is 25.7. The van der Waals surface area contributed by atoms with Crippen LogP contribution in [0.4, 0.5) is 8.78 Å². The molecule has 1 aromatic rings. The Hall–Kier alpha value is -2.06. The Morgan fingerprint density at radius 1 is 1.41 bits per heavy atom. The average molecular weight is 313 g/mol. The lowest BCUT2D eigenvalue weighted by atomic mass is 9.81. The van der Waals surface area contributed by atoms with Crippen molar-refractivity contribution >= 4 is 11.8 Å². The molecule has 1 N–H and O–H groups in total. The highest BCUT2D eigenvalue weighted by Gasteiger charge is 2.48. The first-order valence-electron chi connectivity index (χ1n) is 7.28. The van der Waals surface area contributed by atoms with Gasteiger partial charge in [0.2, 0.25) is 11.8 Å². The first-order valence-corrected chi connectivity index (χ1v) is 7.28. The van der Waals surface area contributed by atoms with E-state index in [2.05, 4.69) is 15.6 Å². The summed E-state index contributed by atoms with van der Waals surface area (Å²) >= 11 is 0. The number of hydrogen-bond acceptors (Lipinski definition) is 4. The Balaban J connectivity index is 1.64. The molecule has 0 atom stereocenters. The molecule has 1 aliphatic carbocycles. The molecule has 2 amide bonds. The number of amides is 2. The van der Waals surface area contributed by atoms with Crippen LogP contribution in [0.3, 0.4) is 0 Å². The van der Waals surface area contributed by atoms with Gasteiger partial charge in [-0.1, -0.05) is 5.21 Å². The fourth-order valence-electron chi connectivity index (χ4n) is 2.79. The van der Waals surface area contributed by atoms with Gasteiger partial charge in [0.1, 0.15) is 5.69 Å². The van der Waals surface area contributed by atoms with Crippen molar-refractivity contribution < 1.29 is 18.4 Å². The predicted octanol–water partition coefficient (Wildman–Crippen LogP) is 0.415. The summed E-state index contributed by atoms with van der Waals surface area (Å²) in [5.41, 5.74) is 0.745. The molecule has 120 valence electrons. The van der Waals surface area contributed by atoms with E-state index in [0.717, 1.165) is 0 Å². The van der Waals surface area contributed by atoms with E-state index < -0.39 is 30.6 Å². The number of fused-ring (bicyclic) bond motifs is 1. The average Bonchev–Trinajstić information content (AvgIpc) is 2.86. The second-order valence-electron chi connectivity index (χ2n) is 5.67. The van der Waals surface area contributed by atoms with Gasteiger partial charge in [-0.05, 0) is 6.92 Å². The van der Waals surface area contributed by atoms with Gasteiger partial charge in [0.25, 0.3) is 5.91 Å². The maximum atomic E-state index is 12.8. The highest BCUT2D eigenvalue weighted by molar-refractivity contribution is 5.94. The summed E-state index contributed by atoms with van der Waals surface area (Å²) in [6.07, 6.45) is -0.832. The molecule has 9 heteroatoms. The van der Waals surface area contributed by atoms with E-state index >= 15 is 0 Å². The number of rotatable bonds is 4. The van der Waals surface area contributed by atoms with Crippen LogP contribution in [0.2, 0.25) is 0 Å². The SMILES string of the molecule is CCN1CCn2nnc(CNC(=O)C3CC(F)(F)C3)c2C1=O. The molecular formula is C13H17F2N5O2. The normalized spacial score (nSPS) is 20.5. The minimum atomic E-state index is -2.73. The molecule has 0 saturated heterocycles. The lowest BCUT2D eigenvalue weighted by molar-refractivity contribution is -0.150. The van der Waals surface area contributed by atoms with Gasteiger partial charge in [-0.25, -0.2) is 13.5 Å². The molecule has 0 radical (unpaired) electrons. The second-order valence-corrected chi connectivity index (χ2v) is 5.67. The summed E-state index contributed by atoms with van der Waals surface area (Å²) in [7, 11) is 0. The Morgan fingerprint density at radius 3 is 2.77 bits per heavy atom. The molecule has 2 aliphatic rings. The van der Waals surface area contributed by atoms with Crippen LogP contribution in [-0.4, -0.2) is 50.7 Å². The Morgan fingerprint density at radius 2 is 2.14 bits per heavy atom. The van der Waals surface area contributed by atoms with Crippen LogP contribution in [0.15, 0.2) is 0 Å². The van der Waals surface area contributed by atoms with Gasteiger partial charge >= 0.3 is 0 Å². The molecule has 0 spiro atoms. The van der Waals surface area contributed by atoms with E-state index in [1.807, 2.05) is 6.92 Å².